The van der Waals surface area contributed by atoms with Crippen LogP contribution in [0.2, 0.25) is 0 Å². The van der Waals surface area contributed by atoms with Gasteiger partial charge in [0.25, 0.3) is 5.91 Å². The van der Waals surface area contributed by atoms with Crippen LogP contribution in [-0.4, -0.2) is 48.5 Å². The van der Waals surface area contributed by atoms with Crippen LogP contribution >= 0.6 is 0 Å². The Labute approximate surface area is 230 Å². The van der Waals surface area contributed by atoms with Gasteiger partial charge in [-0.25, -0.2) is 4.68 Å². The van der Waals surface area contributed by atoms with Crippen molar-refractivity contribution in [2.45, 2.75) is 38.0 Å². The van der Waals surface area contributed by atoms with E-state index in [-0.39, 0.29) is 46.4 Å². The van der Waals surface area contributed by atoms with Crippen molar-refractivity contribution in [1.82, 2.24) is 9.78 Å². The molecule has 0 atom stereocenters. The van der Waals surface area contributed by atoms with Crippen molar-refractivity contribution in [3.63, 3.8) is 0 Å². The fraction of sp³-hybridized carbons (Fsp3) is 0.393. The Morgan fingerprint density at radius 3 is 2.51 bits per heavy atom. The van der Waals surface area contributed by atoms with Crippen LogP contribution < -0.4 is 14.4 Å². The molecule has 3 aliphatic carbocycles. The molecule has 1 aromatic heterocycles. The Hall–Kier alpha value is -4.16. The number of fused-ring (bicyclic) bond motifs is 1. The van der Waals surface area contributed by atoms with Gasteiger partial charge in [0.15, 0.2) is 5.69 Å². The van der Waals surface area contributed by atoms with Crippen LogP contribution in [0.5, 0.6) is 11.6 Å². The number of esters is 1. The summed E-state index contributed by atoms with van der Waals surface area (Å²) in [6.45, 7) is 0.0944. The van der Waals surface area contributed by atoms with Crippen molar-refractivity contribution in [3.05, 3.63) is 65.4 Å². The molecule has 8 nitrogen and oxygen atoms in total. The second-order valence-corrected chi connectivity index (χ2v) is 11.0. The van der Waals surface area contributed by atoms with Gasteiger partial charge in [-0.1, -0.05) is 6.07 Å². The number of hydrogen-bond donors (Lipinski definition) is 0. The van der Waals surface area contributed by atoms with E-state index in [0.717, 1.165) is 10.7 Å². The molecule has 0 unspecified atom stereocenters. The normalized spacial score (nSPS) is 23.5. The molecule has 0 spiro atoms. The van der Waals surface area contributed by atoms with Gasteiger partial charge in [0.05, 0.1) is 31.2 Å². The van der Waals surface area contributed by atoms with E-state index >= 15 is 0 Å². The molecule has 2 aromatic carbocycles. The maximum Gasteiger partial charge on any atom is 0.435 e. The Bertz CT molecular complexity index is 1550. The lowest BCUT2D eigenvalue weighted by Crippen LogP contribution is -2.67. The molecule has 0 N–H and O–H groups in total. The summed E-state index contributed by atoms with van der Waals surface area (Å²) in [5, 5.41) is 3.70. The second-order valence-electron chi connectivity index (χ2n) is 11.0. The van der Waals surface area contributed by atoms with Crippen molar-refractivity contribution < 1.29 is 45.8 Å². The first-order valence-corrected chi connectivity index (χ1v) is 12.7. The summed E-state index contributed by atoms with van der Waals surface area (Å²) in [4.78, 5) is 26.5. The monoisotopic (exact) mass is 577 g/mol. The van der Waals surface area contributed by atoms with E-state index in [1.165, 1.54) is 61.5 Å². The molecule has 216 valence electrons. The SMILES string of the molecule is COC(=O)C12CC(COc3cc(C(F)(F)F)nn3-c3cccc(C(=O)N(C)c4ccc5c(c4)CC(F)(F)O5)c3)(C1)C2. The van der Waals surface area contributed by atoms with Crippen molar-refractivity contribution in [2.75, 3.05) is 25.7 Å². The lowest BCUT2D eigenvalue weighted by molar-refractivity contribution is -0.234. The summed E-state index contributed by atoms with van der Waals surface area (Å²) in [5.41, 5.74) is -1.13. The van der Waals surface area contributed by atoms with E-state index in [1.54, 1.807) is 0 Å². The maximum atomic E-state index is 13.6. The zero-order valence-corrected chi connectivity index (χ0v) is 21.9. The molecular weight excluding hydrogens is 553 g/mol. The molecule has 13 heteroatoms. The molecule has 1 aliphatic heterocycles. The number of alkyl halides is 5. The number of nitrogens with zero attached hydrogens (tertiary/aromatic N) is 3. The molecule has 7 rings (SSSR count). The predicted molar refractivity (Wildman–Crippen MR) is 133 cm³/mol. The number of hydrogen-bond acceptors (Lipinski definition) is 6. The van der Waals surface area contributed by atoms with Crippen molar-refractivity contribution in [1.29, 1.82) is 0 Å². The van der Waals surface area contributed by atoms with Gasteiger partial charge in [0.2, 0.25) is 5.88 Å². The van der Waals surface area contributed by atoms with Gasteiger partial charge in [-0.3, -0.25) is 9.59 Å². The van der Waals surface area contributed by atoms with E-state index in [2.05, 4.69) is 9.84 Å². The van der Waals surface area contributed by atoms with Gasteiger partial charge in [0.1, 0.15) is 5.75 Å². The molecule has 2 heterocycles. The highest BCUT2D eigenvalue weighted by Crippen LogP contribution is 2.73. The van der Waals surface area contributed by atoms with E-state index in [9.17, 15) is 31.5 Å². The average molecular weight is 578 g/mol. The van der Waals surface area contributed by atoms with Gasteiger partial charge in [-0.2, -0.15) is 27.1 Å². The standard InChI is InChI=1S/C28H24F5N3O5/c1-35(18-6-7-20-17(9-18)11-27(29,30)41-20)23(37)16-4-3-5-19(8-16)36-22(10-21(34-36)28(31,32)33)40-15-25-12-26(13-25,14-25)24(38)39-2/h3-10H,11-15H2,1-2H3. The fourth-order valence-electron chi connectivity index (χ4n) is 6.11. The highest BCUT2D eigenvalue weighted by atomic mass is 19.4. The van der Waals surface area contributed by atoms with Crippen LogP contribution in [0.25, 0.3) is 5.69 Å². The predicted octanol–water partition coefficient (Wildman–Crippen LogP) is 5.42. The number of carbonyl (C=O) groups excluding carboxylic acids is 2. The van der Waals surface area contributed by atoms with Gasteiger partial charge < -0.3 is 19.1 Å². The van der Waals surface area contributed by atoms with Gasteiger partial charge >= 0.3 is 18.3 Å². The largest absolute Gasteiger partial charge is 0.477 e. The molecule has 3 aromatic rings. The number of carbonyl (C=O) groups is 2. The second kappa shape index (κ2) is 8.92. The van der Waals surface area contributed by atoms with Gasteiger partial charge in [0, 0.05) is 35.3 Å². The molecule has 41 heavy (non-hydrogen) atoms. The lowest BCUT2D eigenvalue weighted by Gasteiger charge is -2.68. The van der Waals surface area contributed by atoms with Gasteiger partial charge in [-0.05, 0) is 55.7 Å². The minimum atomic E-state index is -4.74. The van der Waals surface area contributed by atoms with Crippen LogP contribution in [-0.2, 0) is 22.1 Å². The maximum absolute atomic E-state index is 13.6. The molecule has 1 amide bonds. The minimum absolute atomic E-state index is 0.0348. The quantitative estimate of drug-likeness (QED) is 0.276. The summed E-state index contributed by atoms with van der Waals surface area (Å²) < 4.78 is 84.2. The number of rotatable bonds is 7. The first-order valence-electron chi connectivity index (χ1n) is 12.7. The highest BCUT2D eigenvalue weighted by Gasteiger charge is 2.72. The van der Waals surface area contributed by atoms with Crippen LogP contribution in [0.4, 0.5) is 27.6 Å². The van der Waals surface area contributed by atoms with E-state index in [0.29, 0.717) is 24.9 Å². The first kappa shape index (κ1) is 27.0. The number of aromatic nitrogens is 2. The highest BCUT2D eigenvalue weighted by molar-refractivity contribution is 6.06. The minimum Gasteiger partial charge on any atom is -0.477 e. The smallest absolute Gasteiger partial charge is 0.435 e. The number of ether oxygens (including phenoxy) is 3. The fourth-order valence-corrected chi connectivity index (χ4v) is 6.11. The molecule has 0 radical (unpaired) electrons. The van der Waals surface area contributed by atoms with Crippen LogP contribution in [0.15, 0.2) is 48.5 Å². The lowest BCUT2D eigenvalue weighted by atomic mass is 9.35. The average Bonchev–Trinajstić information content (AvgIpc) is 3.45. The third-order valence-corrected chi connectivity index (χ3v) is 7.98. The molecule has 0 saturated heterocycles. The van der Waals surface area contributed by atoms with Crippen molar-refractivity contribution >= 4 is 17.6 Å². The Morgan fingerprint density at radius 2 is 1.83 bits per heavy atom. The molecule has 2 bridgehead atoms. The molecular formula is C28H24F5N3O5. The Kier molecular flexibility index (Phi) is 5.88. The summed E-state index contributed by atoms with van der Waals surface area (Å²) in [7, 11) is 2.78. The third kappa shape index (κ3) is 4.56. The number of amides is 1. The molecule has 3 saturated carbocycles. The van der Waals surface area contributed by atoms with Crippen LogP contribution in [0, 0.1) is 10.8 Å². The summed E-state index contributed by atoms with van der Waals surface area (Å²) in [6, 6.07) is 10.9. The summed E-state index contributed by atoms with van der Waals surface area (Å²) in [5.74, 6) is -0.939. The zero-order chi connectivity index (χ0) is 29.4. The van der Waals surface area contributed by atoms with Crippen LogP contribution in [0.1, 0.15) is 40.9 Å². The van der Waals surface area contributed by atoms with E-state index < -0.39 is 35.7 Å². The molecule has 3 fully saturated rings. The first-order chi connectivity index (χ1) is 19.2. The number of benzene rings is 2. The van der Waals surface area contributed by atoms with E-state index in [4.69, 9.17) is 9.47 Å². The molecule has 4 aliphatic rings. The summed E-state index contributed by atoms with van der Waals surface area (Å²) in [6.07, 6.45) is -7.07. The Morgan fingerprint density at radius 1 is 1.10 bits per heavy atom. The Balaban J connectivity index is 1.23. The van der Waals surface area contributed by atoms with Crippen molar-refractivity contribution in [3.8, 4) is 17.3 Å². The number of methoxy groups -OCH3 is 1. The zero-order valence-electron chi connectivity index (χ0n) is 21.9. The van der Waals surface area contributed by atoms with Crippen LogP contribution in [0.3, 0.4) is 0 Å². The number of halogens is 5. The summed E-state index contributed by atoms with van der Waals surface area (Å²) >= 11 is 0. The van der Waals surface area contributed by atoms with E-state index in [1.807, 2.05) is 0 Å². The topological polar surface area (TPSA) is 82.9 Å². The third-order valence-electron chi connectivity index (χ3n) is 7.98. The van der Waals surface area contributed by atoms with Gasteiger partial charge in [-0.15, -0.1) is 0 Å². The van der Waals surface area contributed by atoms with Crippen molar-refractivity contribution in [2.24, 2.45) is 10.8 Å². The number of anilines is 1.